The molecule has 0 spiro atoms. The largest absolute Gasteiger partial charge is 0.396 e. The van der Waals surface area contributed by atoms with Gasteiger partial charge in [-0.15, -0.1) is 0 Å². The number of hydrogen-bond donors (Lipinski definition) is 2. The summed E-state index contributed by atoms with van der Waals surface area (Å²) in [4.78, 5) is 6.51. The quantitative estimate of drug-likeness (QED) is 0.861. The molecule has 0 saturated carbocycles. The van der Waals surface area contributed by atoms with E-state index in [2.05, 4.69) is 4.98 Å². The molecule has 1 aromatic carbocycles. The fraction of sp³-hybridized carbons (Fsp3) is 0.357. The number of likely N-dealkylation sites (N-methyl/N-ethyl adjacent to an activating group) is 1. The van der Waals surface area contributed by atoms with Crippen LogP contribution in [-0.4, -0.2) is 44.5 Å². The third kappa shape index (κ3) is 2.13. The van der Waals surface area contributed by atoms with Crippen molar-refractivity contribution in [2.45, 2.75) is 11.3 Å². The van der Waals surface area contributed by atoms with Crippen LogP contribution >= 0.6 is 0 Å². The monoisotopic (exact) mass is 307 g/mol. The number of hydrogen-bond acceptors (Lipinski definition) is 6. The molecule has 0 saturated heterocycles. The summed E-state index contributed by atoms with van der Waals surface area (Å²) in [7, 11) is -1.38. The molecule has 0 radical (unpaired) electrons. The van der Waals surface area contributed by atoms with Crippen molar-refractivity contribution in [2.75, 3.05) is 36.6 Å². The molecular formula is C14H17N3O3S. The lowest BCUT2D eigenvalue weighted by Gasteiger charge is -2.23. The minimum Gasteiger partial charge on any atom is -0.396 e. The first kappa shape index (κ1) is 14.1. The Balaban J connectivity index is 2.37. The van der Waals surface area contributed by atoms with Crippen LogP contribution in [0.25, 0.3) is 10.9 Å². The highest BCUT2D eigenvalue weighted by atomic mass is 32.2. The highest BCUT2D eigenvalue weighted by Crippen LogP contribution is 2.39. The average molecular weight is 307 g/mol. The predicted molar refractivity (Wildman–Crippen MR) is 82.3 cm³/mol. The topological polar surface area (TPSA) is 96.5 Å². The van der Waals surface area contributed by atoms with Gasteiger partial charge in [0.05, 0.1) is 40.3 Å². The molecule has 3 N–H and O–H groups in total. The zero-order valence-electron chi connectivity index (χ0n) is 11.7. The van der Waals surface area contributed by atoms with Gasteiger partial charge in [0, 0.05) is 19.0 Å². The van der Waals surface area contributed by atoms with E-state index in [9.17, 15) is 8.42 Å². The first-order chi connectivity index (χ1) is 9.95. The highest BCUT2D eigenvalue weighted by Gasteiger charge is 2.29. The van der Waals surface area contributed by atoms with Crippen LogP contribution in [0.15, 0.2) is 23.2 Å². The SMILES string of the molecule is CN(CCO)c1c(N)cnc2ccc3c(c12)CCS3(=O)=O. The summed E-state index contributed by atoms with van der Waals surface area (Å²) >= 11 is 0. The number of aliphatic hydroxyl groups excluding tert-OH is 1. The Labute approximate surface area is 123 Å². The summed E-state index contributed by atoms with van der Waals surface area (Å²) in [6, 6.07) is 3.34. The fourth-order valence-electron chi connectivity index (χ4n) is 2.89. The summed E-state index contributed by atoms with van der Waals surface area (Å²) in [6.45, 7) is 0.410. The first-order valence-electron chi connectivity index (χ1n) is 6.70. The minimum atomic E-state index is -3.20. The average Bonchev–Trinajstić information content (AvgIpc) is 2.74. The van der Waals surface area contributed by atoms with E-state index in [4.69, 9.17) is 10.8 Å². The molecule has 112 valence electrons. The number of aromatic nitrogens is 1. The van der Waals surface area contributed by atoms with Crippen LogP contribution in [-0.2, 0) is 16.3 Å². The molecule has 7 heteroatoms. The van der Waals surface area contributed by atoms with Gasteiger partial charge in [0.2, 0.25) is 0 Å². The van der Waals surface area contributed by atoms with E-state index in [1.807, 2.05) is 11.9 Å². The molecule has 3 rings (SSSR count). The normalized spacial score (nSPS) is 16.1. The van der Waals surface area contributed by atoms with Crippen molar-refractivity contribution in [2.24, 2.45) is 0 Å². The molecule has 6 nitrogen and oxygen atoms in total. The molecule has 2 heterocycles. The summed E-state index contributed by atoms with van der Waals surface area (Å²) in [5, 5.41) is 9.93. The predicted octanol–water partition coefficient (Wildman–Crippen LogP) is 0.575. The van der Waals surface area contributed by atoms with Crippen molar-refractivity contribution in [3.63, 3.8) is 0 Å². The molecule has 1 aliphatic rings. The van der Waals surface area contributed by atoms with E-state index >= 15 is 0 Å². The number of rotatable bonds is 3. The maximum absolute atomic E-state index is 12.1. The van der Waals surface area contributed by atoms with Gasteiger partial charge in [-0.2, -0.15) is 0 Å². The minimum absolute atomic E-state index is 0.00687. The molecular weight excluding hydrogens is 290 g/mol. The second kappa shape index (κ2) is 4.85. The summed E-state index contributed by atoms with van der Waals surface area (Å²) < 4.78 is 24.2. The van der Waals surface area contributed by atoms with Crippen LogP contribution in [0, 0.1) is 0 Å². The molecule has 21 heavy (non-hydrogen) atoms. The van der Waals surface area contributed by atoms with E-state index in [0.29, 0.717) is 23.5 Å². The Morgan fingerprint density at radius 2 is 2.19 bits per heavy atom. The first-order valence-corrected chi connectivity index (χ1v) is 8.36. The van der Waals surface area contributed by atoms with Gasteiger partial charge in [-0.1, -0.05) is 0 Å². The number of fused-ring (bicyclic) bond motifs is 3. The Morgan fingerprint density at radius 3 is 2.90 bits per heavy atom. The zero-order chi connectivity index (χ0) is 15.2. The number of sulfone groups is 1. The van der Waals surface area contributed by atoms with Gasteiger partial charge in [0.15, 0.2) is 9.84 Å². The third-order valence-corrected chi connectivity index (χ3v) is 5.67. The number of nitrogen functional groups attached to an aromatic ring is 1. The summed E-state index contributed by atoms with van der Waals surface area (Å²) in [6.07, 6.45) is 2.04. The smallest absolute Gasteiger partial charge is 0.179 e. The van der Waals surface area contributed by atoms with E-state index in [1.54, 1.807) is 18.3 Å². The summed E-state index contributed by atoms with van der Waals surface area (Å²) in [5.74, 6) is 0.124. The van der Waals surface area contributed by atoms with Gasteiger partial charge in [0.1, 0.15) is 0 Å². The van der Waals surface area contributed by atoms with Crippen molar-refractivity contribution in [1.29, 1.82) is 0 Å². The Kier molecular flexibility index (Phi) is 3.26. The Hall–Kier alpha value is -1.86. The van der Waals surface area contributed by atoms with Crippen molar-refractivity contribution < 1.29 is 13.5 Å². The molecule has 1 aliphatic heterocycles. The molecule has 0 unspecified atom stereocenters. The lowest BCUT2D eigenvalue weighted by molar-refractivity contribution is 0.304. The number of anilines is 2. The standard InChI is InChI=1S/C14H17N3O3S/c1-17(5-6-18)14-10(15)8-16-11-2-3-12-9(13(11)14)4-7-21(12,19)20/h2-3,8,18H,4-7,15H2,1H3. The maximum atomic E-state index is 12.1. The van der Waals surface area contributed by atoms with Crippen LogP contribution in [0.2, 0.25) is 0 Å². The van der Waals surface area contributed by atoms with Crippen LogP contribution < -0.4 is 10.6 Å². The van der Waals surface area contributed by atoms with E-state index in [-0.39, 0.29) is 12.4 Å². The van der Waals surface area contributed by atoms with Crippen LogP contribution in [0.4, 0.5) is 11.4 Å². The molecule has 1 aromatic heterocycles. The number of benzene rings is 1. The fourth-order valence-corrected chi connectivity index (χ4v) is 4.44. The molecule has 2 aromatic rings. The van der Waals surface area contributed by atoms with Gasteiger partial charge in [-0.05, 0) is 24.1 Å². The molecule has 0 fully saturated rings. The van der Waals surface area contributed by atoms with E-state index in [1.165, 1.54) is 0 Å². The lowest BCUT2D eigenvalue weighted by Crippen LogP contribution is -2.23. The van der Waals surface area contributed by atoms with Crippen LogP contribution in [0.5, 0.6) is 0 Å². The summed E-state index contributed by atoms with van der Waals surface area (Å²) in [5.41, 5.74) is 8.77. The van der Waals surface area contributed by atoms with Crippen LogP contribution in [0.1, 0.15) is 5.56 Å². The second-order valence-corrected chi connectivity index (χ2v) is 7.29. The van der Waals surface area contributed by atoms with Crippen molar-refractivity contribution in [3.05, 3.63) is 23.9 Å². The molecule has 0 aliphatic carbocycles. The zero-order valence-corrected chi connectivity index (χ0v) is 12.5. The van der Waals surface area contributed by atoms with Crippen molar-refractivity contribution in [3.8, 4) is 0 Å². The van der Waals surface area contributed by atoms with E-state index < -0.39 is 9.84 Å². The van der Waals surface area contributed by atoms with Crippen molar-refractivity contribution in [1.82, 2.24) is 4.98 Å². The molecule has 0 amide bonds. The van der Waals surface area contributed by atoms with E-state index in [0.717, 1.165) is 22.2 Å². The second-order valence-electron chi connectivity index (χ2n) is 5.21. The number of aliphatic hydroxyl groups is 1. The van der Waals surface area contributed by atoms with Crippen LogP contribution in [0.3, 0.4) is 0 Å². The van der Waals surface area contributed by atoms with Gasteiger partial charge < -0.3 is 15.7 Å². The maximum Gasteiger partial charge on any atom is 0.179 e. The van der Waals surface area contributed by atoms with Gasteiger partial charge >= 0.3 is 0 Å². The number of aryl methyl sites for hydroxylation is 1. The Morgan fingerprint density at radius 1 is 1.43 bits per heavy atom. The third-order valence-electron chi connectivity index (χ3n) is 3.87. The Bertz CT molecular complexity index is 818. The lowest BCUT2D eigenvalue weighted by atomic mass is 10.0. The van der Waals surface area contributed by atoms with Gasteiger partial charge in [-0.3, -0.25) is 4.98 Å². The number of pyridine rings is 1. The number of nitrogens with two attached hydrogens (primary N) is 1. The molecule has 0 bridgehead atoms. The van der Waals surface area contributed by atoms with Gasteiger partial charge in [-0.25, -0.2) is 8.42 Å². The molecule has 0 atom stereocenters. The van der Waals surface area contributed by atoms with Crippen molar-refractivity contribution >= 4 is 32.1 Å². The highest BCUT2D eigenvalue weighted by molar-refractivity contribution is 7.91. The van der Waals surface area contributed by atoms with Gasteiger partial charge in [0.25, 0.3) is 0 Å². The number of nitrogens with zero attached hydrogens (tertiary/aromatic N) is 2.